The van der Waals surface area contributed by atoms with Crippen molar-refractivity contribution in [2.75, 3.05) is 44.2 Å². The summed E-state index contributed by atoms with van der Waals surface area (Å²) in [5.74, 6) is 1.15. The topological polar surface area (TPSA) is 39.7 Å². The Bertz CT molecular complexity index is 1050. The van der Waals surface area contributed by atoms with Crippen LogP contribution in [0.4, 0.5) is 5.82 Å². The summed E-state index contributed by atoms with van der Waals surface area (Å²) in [5.41, 5.74) is 3.43. The van der Waals surface area contributed by atoms with E-state index in [2.05, 4.69) is 57.2 Å². The highest BCUT2D eigenvalue weighted by molar-refractivity contribution is 5.92. The van der Waals surface area contributed by atoms with Gasteiger partial charge < -0.3 is 9.80 Å². The highest BCUT2D eigenvalue weighted by atomic mass is 16.2. The third-order valence-corrected chi connectivity index (χ3v) is 6.41. The van der Waals surface area contributed by atoms with E-state index < -0.39 is 0 Å². The van der Waals surface area contributed by atoms with Crippen LogP contribution < -0.4 is 4.90 Å². The van der Waals surface area contributed by atoms with E-state index in [4.69, 9.17) is 0 Å². The van der Waals surface area contributed by atoms with Gasteiger partial charge in [0, 0.05) is 57.6 Å². The Kier molecular flexibility index (Phi) is 5.99. The number of amides is 1. The molecule has 0 aliphatic carbocycles. The van der Waals surface area contributed by atoms with Crippen LogP contribution in [0.2, 0.25) is 0 Å². The second kappa shape index (κ2) is 9.37. The Morgan fingerprint density at radius 3 is 2.19 bits per heavy atom. The fraction of sp³-hybridized carbons (Fsp3) is 0.259. The zero-order chi connectivity index (χ0) is 21.8. The molecule has 2 aliphatic heterocycles. The molecule has 1 amide bonds. The molecular weight excluding hydrogens is 396 g/mol. The summed E-state index contributed by atoms with van der Waals surface area (Å²) in [6.45, 7) is 5.65. The van der Waals surface area contributed by atoms with Gasteiger partial charge in [0.25, 0.3) is 0 Å². The van der Waals surface area contributed by atoms with Crippen molar-refractivity contribution in [3.05, 3.63) is 90.6 Å². The predicted octanol–water partition coefficient (Wildman–Crippen LogP) is 3.79. The molecule has 2 saturated heterocycles. The lowest BCUT2D eigenvalue weighted by Crippen LogP contribution is -2.64. The monoisotopic (exact) mass is 424 g/mol. The van der Waals surface area contributed by atoms with Gasteiger partial charge in [-0.1, -0.05) is 60.7 Å². The van der Waals surface area contributed by atoms with Crippen LogP contribution >= 0.6 is 0 Å². The molecule has 3 heterocycles. The molecule has 0 radical (unpaired) electrons. The first-order chi connectivity index (χ1) is 15.8. The SMILES string of the molecule is O=C(/C=C/c1ccc(-c2ccccc2)cc1)N1CC(N2CCN(c3ccccn3)CC2)C1. The second-order valence-corrected chi connectivity index (χ2v) is 8.43. The lowest BCUT2D eigenvalue weighted by molar-refractivity contribution is -0.133. The minimum absolute atomic E-state index is 0.0977. The van der Waals surface area contributed by atoms with Gasteiger partial charge in [0.15, 0.2) is 0 Å². The molecule has 0 bridgehead atoms. The minimum Gasteiger partial charge on any atom is -0.354 e. The largest absolute Gasteiger partial charge is 0.354 e. The molecule has 2 fully saturated rings. The average Bonchev–Trinajstić information content (AvgIpc) is 2.84. The minimum atomic E-state index is 0.0977. The number of rotatable bonds is 5. The van der Waals surface area contributed by atoms with E-state index in [9.17, 15) is 4.79 Å². The predicted molar refractivity (Wildman–Crippen MR) is 129 cm³/mol. The van der Waals surface area contributed by atoms with Crippen LogP contribution in [0.3, 0.4) is 0 Å². The van der Waals surface area contributed by atoms with E-state index in [1.54, 1.807) is 6.08 Å². The highest BCUT2D eigenvalue weighted by Crippen LogP contribution is 2.21. The van der Waals surface area contributed by atoms with Gasteiger partial charge in [-0.15, -0.1) is 0 Å². The summed E-state index contributed by atoms with van der Waals surface area (Å²) in [6, 6.07) is 25.2. The number of benzene rings is 2. The second-order valence-electron chi connectivity index (χ2n) is 8.43. The quantitative estimate of drug-likeness (QED) is 0.584. The van der Waals surface area contributed by atoms with Crippen LogP contribution in [0.1, 0.15) is 5.56 Å². The van der Waals surface area contributed by atoms with E-state index in [1.165, 1.54) is 11.1 Å². The first-order valence-electron chi connectivity index (χ1n) is 11.3. The van der Waals surface area contributed by atoms with Gasteiger partial charge in [0.2, 0.25) is 5.91 Å². The Labute approximate surface area is 189 Å². The third-order valence-electron chi connectivity index (χ3n) is 6.41. The van der Waals surface area contributed by atoms with E-state index in [1.807, 2.05) is 47.5 Å². The van der Waals surface area contributed by atoms with Gasteiger partial charge in [-0.2, -0.15) is 0 Å². The molecule has 0 unspecified atom stereocenters. The number of carbonyl (C=O) groups excluding carboxylic acids is 1. The van der Waals surface area contributed by atoms with Crippen molar-refractivity contribution < 1.29 is 4.79 Å². The van der Waals surface area contributed by atoms with Crippen molar-refractivity contribution in [1.29, 1.82) is 0 Å². The molecule has 5 rings (SSSR count). The van der Waals surface area contributed by atoms with Gasteiger partial charge in [-0.25, -0.2) is 4.98 Å². The zero-order valence-electron chi connectivity index (χ0n) is 18.2. The maximum absolute atomic E-state index is 12.6. The lowest BCUT2D eigenvalue weighted by atomic mass is 10.0. The first-order valence-corrected chi connectivity index (χ1v) is 11.3. The Morgan fingerprint density at radius 2 is 1.50 bits per heavy atom. The number of hydrogen-bond donors (Lipinski definition) is 0. The molecule has 2 aromatic carbocycles. The van der Waals surface area contributed by atoms with Crippen molar-refractivity contribution in [2.24, 2.45) is 0 Å². The molecule has 2 aliphatic rings. The summed E-state index contributed by atoms with van der Waals surface area (Å²) in [5, 5.41) is 0. The Hall–Kier alpha value is -3.44. The van der Waals surface area contributed by atoms with Crippen LogP contribution in [0.25, 0.3) is 17.2 Å². The Balaban J connectivity index is 1.08. The van der Waals surface area contributed by atoms with E-state index in [-0.39, 0.29) is 5.91 Å². The molecule has 5 heteroatoms. The summed E-state index contributed by atoms with van der Waals surface area (Å²) >= 11 is 0. The number of likely N-dealkylation sites (tertiary alicyclic amines) is 1. The average molecular weight is 425 g/mol. The molecule has 0 spiro atoms. The number of pyridine rings is 1. The van der Waals surface area contributed by atoms with Crippen molar-refractivity contribution in [3.8, 4) is 11.1 Å². The van der Waals surface area contributed by atoms with Crippen LogP contribution in [0, 0.1) is 0 Å². The van der Waals surface area contributed by atoms with Crippen molar-refractivity contribution in [1.82, 2.24) is 14.8 Å². The van der Waals surface area contributed by atoms with Crippen LogP contribution in [0.15, 0.2) is 85.1 Å². The number of anilines is 1. The highest BCUT2D eigenvalue weighted by Gasteiger charge is 2.35. The van der Waals surface area contributed by atoms with Gasteiger partial charge in [-0.05, 0) is 34.9 Å². The van der Waals surface area contributed by atoms with Crippen LogP contribution in [-0.4, -0.2) is 66.0 Å². The summed E-state index contributed by atoms with van der Waals surface area (Å²) in [7, 11) is 0. The fourth-order valence-electron chi connectivity index (χ4n) is 4.41. The van der Waals surface area contributed by atoms with Crippen molar-refractivity contribution in [3.63, 3.8) is 0 Å². The summed E-state index contributed by atoms with van der Waals surface area (Å²) in [4.78, 5) is 23.8. The molecule has 1 aromatic heterocycles. The number of aromatic nitrogens is 1. The van der Waals surface area contributed by atoms with E-state index >= 15 is 0 Å². The normalized spacial score (nSPS) is 17.5. The third kappa shape index (κ3) is 4.58. The molecule has 3 aromatic rings. The maximum Gasteiger partial charge on any atom is 0.246 e. The summed E-state index contributed by atoms with van der Waals surface area (Å²) in [6.07, 6.45) is 5.46. The number of carbonyl (C=O) groups is 1. The van der Waals surface area contributed by atoms with Crippen molar-refractivity contribution >= 4 is 17.8 Å². The molecule has 5 nitrogen and oxygen atoms in total. The standard InChI is InChI=1S/C27H28N4O/c32-27(14-11-22-9-12-24(13-10-22)23-6-2-1-3-7-23)31-20-25(21-31)29-16-18-30(19-17-29)26-8-4-5-15-28-26/h1-15,25H,16-21H2/b14-11+. The van der Waals surface area contributed by atoms with E-state index in [0.29, 0.717) is 6.04 Å². The summed E-state index contributed by atoms with van der Waals surface area (Å²) < 4.78 is 0. The zero-order valence-corrected chi connectivity index (χ0v) is 18.2. The van der Waals surface area contributed by atoms with Gasteiger partial charge in [0.1, 0.15) is 5.82 Å². The van der Waals surface area contributed by atoms with Crippen LogP contribution in [-0.2, 0) is 4.79 Å². The molecule has 162 valence electrons. The molecule has 32 heavy (non-hydrogen) atoms. The number of nitrogens with zero attached hydrogens (tertiary/aromatic N) is 4. The molecule has 0 saturated carbocycles. The van der Waals surface area contributed by atoms with Gasteiger partial charge in [0.05, 0.1) is 0 Å². The Morgan fingerprint density at radius 1 is 0.812 bits per heavy atom. The number of piperazine rings is 1. The molecule has 0 atom stereocenters. The molecule has 0 N–H and O–H groups in total. The number of hydrogen-bond acceptors (Lipinski definition) is 4. The van der Waals surface area contributed by atoms with Gasteiger partial charge >= 0.3 is 0 Å². The first kappa shape index (κ1) is 20.5. The smallest absolute Gasteiger partial charge is 0.246 e. The van der Waals surface area contributed by atoms with Crippen molar-refractivity contribution in [2.45, 2.75) is 6.04 Å². The molecular formula is C27H28N4O. The fourth-order valence-corrected chi connectivity index (χ4v) is 4.41. The van der Waals surface area contributed by atoms with E-state index in [0.717, 1.165) is 50.6 Å². The van der Waals surface area contributed by atoms with Gasteiger partial charge in [-0.3, -0.25) is 9.69 Å². The van der Waals surface area contributed by atoms with Crippen LogP contribution in [0.5, 0.6) is 0 Å². The maximum atomic E-state index is 12.6. The lowest BCUT2D eigenvalue weighted by Gasteiger charge is -2.48.